The predicted molar refractivity (Wildman–Crippen MR) is 124 cm³/mol. The number of sulfonamides is 1. The summed E-state index contributed by atoms with van der Waals surface area (Å²) in [5.41, 5.74) is 0. The molecule has 3 rings (SSSR count). The zero-order valence-electron chi connectivity index (χ0n) is 18.1. The van der Waals surface area contributed by atoms with Crippen LogP contribution >= 0.6 is 23.2 Å². The van der Waals surface area contributed by atoms with Gasteiger partial charge in [0.2, 0.25) is 11.8 Å². The molecule has 0 bridgehead atoms. The lowest BCUT2D eigenvalue weighted by Crippen LogP contribution is -2.51. The van der Waals surface area contributed by atoms with Gasteiger partial charge in [-0.05, 0) is 45.5 Å². The fraction of sp³-hybridized carbons (Fsp3) is 0.524. The summed E-state index contributed by atoms with van der Waals surface area (Å²) in [5, 5.41) is 2.46. The SMILES string of the molecule is CN(C)[C@H]1CCCCN(C(=O)C[C@@H]2C(=O)NC=CN2S(=O)(=O)c2cccc(Cl)c2Cl)CC1. The maximum Gasteiger partial charge on any atom is 0.266 e. The van der Waals surface area contributed by atoms with Gasteiger partial charge in [-0.2, -0.15) is 0 Å². The van der Waals surface area contributed by atoms with Crippen LogP contribution in [-0.2, 0) is 19.6 Å². The van der Waals surface area contributed by atoms with E-state index in [1.165, 1.54) is 30.6 Å². The lowest BCUT2D eigenvalue weighted by Gasteiger charge is -2.34. The Labute approximate surface area is 199 Å². The Bertz CT molecular complexity index is 1000. The minimum absolute atomic E-state index is 0.0851. The molecule has 1 saturated heterocycles. The third-order valence-electron chi connectivity index (χ3n) is 5.93. The molecule has 1 aromatic carbocycles. The van der Waals surface area contributed by atoms with Crippen LogP contribution in [-0.4, -0.2) is 73.6 Å². The average molecular weight is 503 g/mol. The molecule has 8 nitrogen and oxygen atoms in total. The lowest BCUT2D eigenvalue weighted by atomic mass is 10.0. The fourth-order valence-electron chi connectivity index (χ4n) is 4.04. The van der Waals surface area contributed by atoms with Gasteiger partial charge in [0, 0.05) is 31.5 Å². The highest BCUT2D eigenvalue weighted by molar-refractivity contribution is 7.89. The number of likely N-dealkylation sites (tertiary alicyclic amines) is 1. The zero-order valence-corrected chi connectivity index (χ0v) is 20.5. The highest BCUT2D eigenvalue weighted by atomic mass is 35.5. The maximum absolute atomic E-state index is 13.3. The molecule has 32 heavy (non-hydrogen) atoms. The molecule has 2 aliphatic heterocycles. The summed E-state index contributed by atoms with van der Waals surface area (Å²) in [7, 11) is -0.158. The first-order valence-corrected chi connectivity index (χ1v) is 12.7. The third-order valence-corrected chi connectivity index (χ3v) is 8.69. The Balaban J connectivity index is 1.82. The van der Waals surface area contributed by atoms with Crippen molar-refractivity contribution in [3.63, 3.8) is 0 Å². The minimum atomic E-state index is -4.21. The van der Waals surface area contributed by atoms with Gasteiger partial charge in [-0.1, -0.05) is 35.7 Å². The molecule has 2 atom stereocenters. The van der Waals surface area contributed by atoms with E-state index in [0.717, 1.165) is 30.0 Å². The van der Waals surface area contributed by atoms with Crippen LogP contribution in [0.3, 0.4) is 0 Å². The Morgan fingerprint density at radius 3 is 2.66 bits per heavy atom. The molecule has 176 valence electrons. The van der Waals surface area contributed by atoms with E-state index >= 15 is 0 Å². The first-order valence-electron chi connectivity index (χ1n) is 10.5. The maximum atomic E-state index is 13.3. The molecule has 2 amide bonds. The smallest absolute Gasteiger partial charge is 0.266 e. The van der Waals surface area contributed by atoms with Crippen LogP contribution in [0, 0.1) is 0 Å². The molecule has 0 aliphatic carbocycles. The number of benzene rings is 1. The number of rotatable bonds is 5. The molecule has 0 radical (unpaired) electrons. The summed E-state index contributed by atoms with van der Waals surface area (Å²) >= 11 is 12.1. The number of carbonyl (C=O) groups excluding carboxylic acids is 2. The summed E-state index contributed by atoms with van der Waals surface area (Å²) < 4.78 is 27.5. The van der Waals surface area contributed by atoms with Gasteiger partial charge < -0.3 is 15.1 Å². The molecule has 0 spiro atoms. The van der Waals surface area contributed by atoms with Gasteiger partial charge in [0.25, 0.3) is 10.0 Å². The first kappa shape index (κ1) is 24.8. The first-order chi connectivity index (χ1) is 15.1. The van der Waals surface area contributed by atoms with E-state index in [9.17, 15) is 18.0 Å². The van der Waals surface area contributed by atoms with Crippen LogP contribution < -0.4 is 5.32 Å². The number of amides is 2. The van der Waals surface area contributed by atoms with Gasteiger partial charge in [0.05, 0.1) is 16.5 Å². The van der Waals surface area contributed by atoms with Gasteiger partial charge in [-0.25, -0.2) is 8.42 Å². The van der Waals surface area contributed by atoms with Crippen LogP contribution in [0.15, 0.2) is 35.5 Å². The van der Waals surface area contributed by atoms with E-state index in [1.807, 2.05) is 14.1 Å². The fourth-order valence-corrected chi connectivity index (χ4v) is 6.23. The minimum Gasteiger partial charge on any atom is -0.343 e. The summed E-state index contributed by atoms with van der Waals surface area (Å²) in [6.45, 7) is 1.16. The second-order valence-electron chi connectivity index (χ2n) is 8.21. The summed E-state index contributed by atoms with van der Waals surface area (Å²) in [5.74, 6) is -0.821. The molecule has 0 aromatic heterocycles. The van der Waals surface area contributed by atoms with Crippen molar-refractivity contribution in [1.82, 2.24) is 19.4 Å². The summed E-state index contributed by atoms with van der Waals surface area (Å²) in [6, 6.07) is 3.43. The van der Waals surface area contributed by atoms with E-state index in [-0.39, 0.29) is 27.3 Å². The second-order valence-corrected chi connectivity index (χ2v) is 10.8. The molecule has 0 unspecified atom stereocenters. The number of carbonyl (C=O) groups is 2. The van der Waals surface area contributed by atoms with E-state index < -0.39 is 22.0 Å². The molecular weight excluding hydrogens is 475 g/mol. The van der Waals surface area contributed by atoms with E-state index in [4.69, 9.17) is 23.2 Å². The predicted octanol–water partition coefficient (Wildman–Crippen LogP) is 2.68. The Kier molecular flexibility index (Phi) is 8.08. The lowest BCUT2D eigenvalue weighted by molar-refractivity contribution is -0.136. The molecule has 1 fully saturated rings. The molecular formula is C21H28Cl2N4O4S. The Morgan fingerprint density at radius 2 is 1.94 bits per heavy atom. The highest BCUT2D eigenvalue weighted by Gasteiger charge is 2.39. The summed E-state index contributed by atoms with van der Waals surface area (Å²) in [4.78, 5) is 29.4. The van der Waals surface area contributed by atoms with Crippen LogP contribution in [0.1, 0.15) is 32.1 Å². The number of nitrogens with one attached hydrogen (secondary N) is 1. The molecule has 11 heteroatoms. The number of hydrogen-bond donors (Lipinski definition) is 1. The van der Waals surface area contributed by atoms with Crippen molar-refractivity contribution in [3.8, 4) is 0 Å². The van der Waals surface area contributed by atoms with Gasteiger partial charge >= 0.3 is 0 Å². The van der Waals surface area contributed by atoms with E-state index in [1.54, 1.807) is 4.90 Å². The standard InChI is InChI=1S/C21H28Cl2N4O4S/c1-25(2)15-6-3-4-11-26(12-9-15)19(28)14-17-21(29)24-10-13-27(17)32(30,31)18-8-5-7-16(22)20(18)23/h5,7-8,10,13,15,17H,3-4,6,9,11-12,14H2,1-2H3,(H,24,29)/t15-,17+/m0/s1. The Hall–Kier alpha value is -1.81. The van der Waals surface area contributed by atoms with Crippen molar-refractivity contribution in [2.75, 3.05) is 27.2 Å². The van der Waals surface area contributed by atoms with Crippen molar-refractivity contribution in [2.45, 2.75) is 49.1 Å². The van der Waals surface area contributed by atoms with E-state index in [2.05, 4.69) is 10.2 Å². The van der Waals surface area contributed by atoms with Crippen LogP contribution in [0.5, 0.6) is 0 Å². The molecule has 1 N–H and O–H groups in total. The van der Waals surface area contributed by atoms with Crippen LogP contribution in [0.4, 0.5) is 0 Å². The average Bonchev–Trinajstić information content (AvgIpc) is 2.70. The number of nitrogens with zero attached hydrogens (tertiary/aromatic N) is 3. The third kappa shape index (κ3) is 5.39. The van der Waals surface area contributed by atoms with Crippen molar-refractivity contribution in [3.05, 3.63) is 40.6 Å². The highest BCUT2D eigenvalue weighted by Crippen LogP contribution is 2.33. The zero-order chi connectivity index (χ0) is 23.5. The van der Waals surface area contributed by atoms with Crippen molar-refractivity contribution in [2.24, 2.45) is 0 Å². The van der Waals surface area contributed by atoms with Gasteiger partial charge in [-0.3, -0.25) is 13.9 Å². The van der Waals surface area contributed by atoms with Crippen molar-refractivity contribution < 1.29 is 18.0 Å². The Morgan fingerprint density at radius 1 is 1.19 bits per heavy atom. The second kappa shape index (κ2) is 10.4. The quantitative estimate of drug-likeness (QED) is 0.668. The molecule has 1 aromatic rings. The topological polar surface area (TPSA) is 90.0 Å². The van der Waals surface area contributed by atoms with Gasteiger partial charge in [0.15, 0.2) is 0 Å². The van der Waals surface area contributed by atoms with Gasteiger partial charge in [0.1, 0.15) is 10.9 Å². The van der Waals surface area contributed by atoms with Crippen LogP contribution in [0.2, 0.25) is 10.0 Å². The molecule has 2 aliphatic rings. The summed E-state index contributed by atoms with van der Waals surface area (Å²) in [6.07, 6.45) is 5.99. The number of halogens is 2. The largest absolute Gasteiger partial charge is 0.343 e. The normalized spacial score (nSPS) is 22.5. The van der Waals surface area contributed by atoms with Crippen molar-refractivity contribution >= 4 is 45.0 Å². The van der Waals surface area contributed by atoms with Gasteiger partial charge in [-0.15, -0.1) is 0 Å². The van der Waals surface area contributed by atoms with E-state index in [0.29, 0.717) is 19.1 Å². The van der Waals surface area contributed by atoms with Crippen LogP contribution in [0.25, 0.3) is 0 Å². The molecule has 0 saturated carbocycles. The monoisotopic (exact) mass is 502 g/mol. The van der Waals surface area contributed by atoms with Crippen molar-refractivity contribution in [1.29, 1.82) is 0 Å². The number of hydrogen-bond acceptors (Lipinski definition) is 5. The molecule has 2 heterocycles.